The van der Waals surface area contributed by atoms with Crippen LogP contribution in [0.4, 0.5) is 0 Å². The Bertz CT molecular complexity index is 620. The Balaban J connectivity index is 2.06. The van der Waals surface area contributed by atoms with Crippen molar-refractivity contribution in [2.75, 3.05) is 13.1 Å². The van der Waals surface area contributed by atoms with Gasteiger partial charge in [0, 0.05) is 29.1 Å². The lowest BCUT2D eigenvalue weighted by atomic mass is 9.81. The monoisotopic (exact) mass is 357 g/mol. The second-order valence-electron chi connectivity index (χ2n) is 6.57. The molecule has 0 aromatic heterocycles. The largest absolute Gasteiger partial charge is 0.481 e. The lowest BCUT2D eigenvalue weighted by molar-refractivity contribution is -0.154. The van der Waals surface area contributed by atoms with Gasteiger partial charge in [0.25, 0.3) is 0 Å². The summed E-state index contributed by atoms with van der Waals surface area (Å²) in [6.07, 6.45) is 1.82. The van der Waals surface area contributed by atoms with E-state index in [0.29, 0.717) is 35.9 Å². The van der Waals surface area contributed by atoms with Crippen molar-refractivity contribution in [3.63, 3.8) is 0 Å². The van der Waals surface area contributed by atoms with Crippen LogP contribution in [0.25, 0.3) is 0 Å². The Morgan fingerprint density at radius 3 is 2.70 bits per heavy atom. The zero-order valence-corrected chi connectivity index (χ0v) is 14.8. The van der Waals surface area contributed by atoms with Crippen LogP contribution in [0.2, 0.25) is 10.0 Å². The molecule has 23 heavy (non-hydrogen) atoms. The molecule has 6 heteroatoms. The van der Waals surface area contributed by atoms with Gasteiger partial charge >= 0.3 is 5.97 Å². The van der Waals surface area contributed by atoms with E-state index in [1.54, 1.807) is 24.0 Å². The average Bonchev–Trinajstić information content (AvgIpc) is 2.49. The molecule has 1 aromatic carbocycles. The molecule has 0 bridgehead atoms. The highest BCUT2D eigenvalue weighted by atomic mass is 35.5. The summed E-state index contributed by atoms with van der Waals surface area (Å²) in [4.78, 5) is 25.7. The number of carboxylic acid groups (broad SMARTS) is 1. The number of hydrogen-bond donors (Lipinski definition) is 1. The van der Waals surface area contributed by atoms with Crippen molar-refractivity contribution in [3.05, 3.63) is 33.8 Å². The van der Waals surface area contributed by atoms with E-state index in [1.165, 1.54) is 0 Å². The highest BCUT2D eigenvalue weighted by Gasteiger charge is 2.40. The van der Waals surface area contributed by atoms with Crippen LogP contribution < -0.4 is 0 Å². The highest BCUT2D eigenvalue weighted by Crippen LogP contribution is 2.31. The maximum absolute atomic E-state index is 12.7. The second kappa shape index (κ2) is 7.10. The highest BCUT2D eigenvalue weighted by molar-refractivity contribution is 6.35. The molecule has 4 nitrogen and oxygen atoms in total. The maximum atomic E-state index is 12.7. The summed E-state index contributed by atoms with van der Waals surface area (Å²) in [5.74, 6) is -1.13. The first-order valence-corrected chi connectivity index (χ1v) is 8.44. The fraction of sp³-hybridized carbons (Fsp3) is 0.529. The molecule has 1 aliphatic heterocycles. The molecule has 0 spiro atoms. The number of halogens is 2. The van der Waals surface area contributed by atoms with Gasteiger partial charge in [0.2, 0.25) is 5.91 Å². The summed E-state index contributed by atoms with van der Waals surface area (Å²) in [5.41, 5.74) is 0.0147. The summed E-state index contributed by atoms with van der Waals surface area (Å²) in [7, 11) is 0. The molecule has 1 saturated heterocycles. The van der Waals surface area contributed by atoms with Crippen LogP contribution in [0.3, 0.4) is 0 Å². The van der Waals surface area contributed by atoms with Crippen LogP contribution in [0.5, 0.6) is 0 Å². The van der Waals surface area contributed by atoms with Crippen LogP contribution in [0, 0.1) is 11.3 Å². The molecule has 126 valence electrons. The Morgan fingerprint density at radius 1 is 1.39 bits per heavy atom. The first-order valence-electron chi connectivity index (χ1n) is 7.69. The van der Waals surface area contributed by atoms with E-state index in [0.717, 1.165) is 5.56 Å². The Hall–Kier alpha value is -1.26. The number of rotatable bonds is 4. The topological polar surface area (TPSA) is 57.6 Å². The molecule has 0 saturated carbocycles. The smallest absolute Gasteiger partial charge is 0.311 e. The lowest BCUT2D eigenvalue weighted by Crippen LogP contribution is -2.50. The fourth-order valence-electron chi connectivity index (χ4n) is 3.02. The van der Waals surface area contributed by atoms with Gasteiger partial charge in [-0.1, -0.05) is 36.2 Å². The van der Waals surface area contributed by atoms with Crippen molar-refractivity contribution in [3.8, 4) is 0 Å². The number of hydrogen-bond acceptors (Lipinski definition) is 2. The van der Waals surface area contributed by atoms with E-state index >= 15 is 0 Å². The number of piperidine rings is 1. The van der Waals surface area contributed by atoms with E-state index in [4.69, 9.17) is 23.2 Å². The Kier molecular flexibility index (Phi) is 5.58. The Labute approximate surface area is 146 Å². The van der Waals surface area contributed by atoms with Gasteiger partial charge in [-0.2, -0.15) is 0 Å². The van der Waals surface area contributed by atoms with Crippen LogP contribution in [0.15, 0.2) is 18.2 Å². The minimum absolute atomic E-state index is 0.0248. The molecule has 1 heterocycles. The van der Waals surface area contributed by atoms with Gasteiger partial charge in [0.05, 0.1) is 5.41 Å². The maximum Gasteiger partial charge on any atom is 0.311 e. The number of carboxylic acids is 1. The summed E-state index contributed by atoms with van der Waals surface area (Å²) in [6.45, 7) is 4.43. The minimum Gasteiger partial charge on any atom is -0.481 e. The van der Waals surface area contributed by atoms with Crippen LogP contribution in [-0.4, -0.2) is 35.0 Å². The van der Waals surface area contributed by atoms with Gasteiger partial charge in [-0.05, 0) is 43.9 Å². The van der Waals surface area contributed by atoms with Crippen molar-refractivity contribution >= 4 is 35.1 Å². The number of benzene rings is 1. The first kappa shape index (κ1) is 18.1. The van der Waals surface area contributed by atoms with Gasteiger partial charge in [-0.25, -0.2) is 0 Å². The van der Waals surface area contributed by atoms with Crippen LogP contribution >= 0.6 is 23.2 Å². The first-order chi connectivity index (χ1) is 10.7. The quantitative estimate of drug-likeness (QED) is 0.889. The third-order valence-electron chi connectivity index (χ3n) is 4.49. The van der Waals surface area contributed by atoms with Gasteiger partial charge in [0.15, 0.2) is 0 Å². The summed E-state index contributed by atoms with van der Waals surface area (Å²) < 4.78 is 0. The fourth-order valence-corrected chi connectivity index (χ4v) is 3.50. The normalized spacial score (nSPS) is 22.7. The molecule has 1 aromatic rings. The van der Waals surface area contributed by atoms with E-state index < -0.39 is 11.4 Å². The predicted octanol–water partition coefficient (Wildman–Crippen LogP) is 3.89. The van der Waals surface area contributed by atoms with Crippen LogP contribution in [0.1, 0.15) is 32.3 Å². The Morgan fingerprint density at radius 2 is 2.09 bits per heavy atom. The number of aliphatic carboxylic acids is 1. The molecule has 2 rings (SSSR count). The molecule has 1 aliphatic rings. The number of likely N-dealkylation sites (tertiary alicyclic amines) is 1. The van der Waals surface area contributed by atoms with Crippen molar-refractivity contribution in [2.24, 2.45) is 11.3 Å². The zero-order chi connectivity index (χ0) is 17.2. The molecule has 1 fully saturated rings. The van der Waals surface area contributed by atoms with Crippen molar-refractivity contribution in [2.45, 2.75) is 33.1 Å². The molecule has 2 atom stereocenters. The third-order valence-corrected chi connectivity index (χ3v) is 5.07. The average molecular weight is 358 g/mol. The molecule has 0 radical (unpaired) electrons. The summed E-state index contributed by atoms with van der Waals surface area (Å²) in [5, 5.41) is 10.5. The number of carbonyl (C=O) groups excluding carboxylic acids is 1. The summed E-state index contributed by atoms with van der Waals surface area (Å²) in [6, 6.07) is 5.24. The second-order valence-corrected chi connectivity index (χ2v) is 7.41. The molecular weight excluding hydrogens is 337 g/mol. The zero-order valence-electron chi connectivity index (χ0n) is 13.3. The van der Waals surface area contributed by atoms with E-state index in [9.17, 15) is 14.7 Å². The van der Waals surface area contributed by atoms with E-state index in [1.807, 2.05) is 13.0 Å². The van der Waals surface area contributed by atoms with Gasteiger partial charge in [-0.3, -0.25) is 9.59 Å². The van der Waals surface area contributed by atoms with E-state index in [-0.39, 0.29) is 18.4 Å². The van der Waals surface area contributed by atoms with Crippen LogP contribution in [-0.2, 0) is 16.0 Å². The van der Waals surface area contributed by atoms with Gasteiger partial charge in [-0.15, -0.1) is 0 Å². The number of carbonyl (C=O) groups is 2. The van der Waals surface area contributed by atoms with E-state index in [2.05, 4.69) is 0 Å². The molecule has 2 unspecified atom stereocenters. The minimum atomic E-state index is -0.856. The molecule has 1 N–H and O–H groups in total. The predicted molar refractivity (Wildman–Crippen MR) is 90.9 cm³/mol. The van der Waals surface area contributed by atoms with Crippen molar-refractivity contribution in [1.82, 2.24) is 4.90 Å². The van der Waals surface area contributed by atoms with Gasteiger partial charge in [0.1, 0.15) is 0 Å². The van der Waals surface area contributed by atoms with Crippen molar-refractivity contribution in [1.29, 1.82) is 0 Å². The number of nitrogens with zero attached hydrogens (tertiary/aromatic N) is 1. The molecular formula is C17H21Cl2NO3. The summed E-state index contributed by atoms with van der Waals surface area (Å²) >= 11 is 12.0. The molecule has 0 aliphatic carbocycles. The third kappa shape index (κ3) is 4.18. The lowest BCUT2D eigenvalue weighted by Gasteiger charge is -2.38. The number of amides is 1. The SMILES string of the molecule is CC(Cc1ccc(Cl)cc1Cl)C(=O)N1CCCC(C)(C(=O)O)C1. The standard InChI is InChI=1S/C17H21Cl2NO3/c1-11(8-12-4-5-13(18)9-14(12)19)15(21)20-7-3-6-17(2,10-20)16(22)23/h4-5,9,11H,3,6-8,10H2,1-2H3,(H,22,23). The molecule has 1 amide bonds. The van der Waals surface area contributed by atoms with Crippen molar-refractivity contribution < 1.29 is 14.7 Å². The van der Waals surface area contributed by atoms with Gasteiger partial charge < -0.3 is 10.0 Å².